The second-order valence-corrected chi connectivity index (χ2v) is 7.32. The third-order valence-electron chi connectivity index (χ3n) is 4.00. The molecule has 21 heavy (non-hydrogen) atoms. The summed E-state index contributed by atoms with van der Waals surface area (Å²) in [6, 6.07) is 3.54. The van der Waals surface area contributed by atoms with Gasteiger partial charge >= 0.3 is 0 Å². The SMILES string of the molecule is CCC(C)CC(C)n1c(C(C)Cl)nc2cc(F)c(Br)cc21. The summed E-state index contributed by atoms with van der Waals surface area (Å²) in [5.74, 6) is 1.13. The minimum atomic E-state index is -0.296. The standard InChI is InChI=1S/C16H21BrClFN2/c1-5-9(2)6-10(3)21-15-7-12(17)13(19)8-14(15)20-16(21)11(4)18/h7-11H,5-6H2,1-4H3. The van der Waals surface area contributed by atoms with Gasteiger partial charge in [0.1, 0.15) is 11.6 Å². The number of halogens is 3. The summed E-state index contributed by atoms with van der Waals surface area (Å²) in [6.45, 7) is 8.52. The van der Waals surface area contributed by atoms with Crippen LogP contribution in [0.2, 0.25) is 0 Å². The first-order chi connectivity index (χ1) is 9.85. The summed E-state index contributed by atoms with van der Waals surface area (Å²) >= 11 is 9.55. The molecule has 0 saturated carbocycles. The van der Waals surface area contributed by atoms with Crippen molar-refractivity contribution in [2.75, 3.05) is 0 Å². The van der Waals surface area contributed by atoms with E-state index in [9.17, 15) is 4.39 Å². The monoisotopic (exact) mass is 374 g/mol. The number of imidazole rings is 1. The molecule has 1 aromatic heterocycles. The zero-order valence-electron chi connectivity index (χ0n) is 12.8. The van der Waals surface area contributed by atoms with Crippen LogP contribution in [0, 0.1) is 11.7 Å². The quantitative estimate of drug-likeness (QED) is 0.566. The molecule has 0 amide bonds. The molecule has 0 fully saturated rings. The zero-order valence-corrected chi connectivity index (χ0v) is 15.2. The van der Waals surface area contributed by atoms with Crippen molar-refractivity contribution in [3.8, 4) is 0 Å². The van der Waals surface area contributed by atoms with Crippen molar-refractivity contribution in [2.24, 2.45) is 5.92 Å². The lowest BCUT2D eigenvalue weighted by Crippen LogP contribution is -2.13. The second kappa shape index (κ2) is 6.66. The van der Waals surface area contributed by atoms with Crippen molar-refractivity contribution in [3.63, 3.8) is 0 Å². The number of rotatable bonds is 5. The molecule has 2 rings (SSSR count). The van der Waals surface area contributed by atoms with Crippen LogP contribution in [0.25, 0.3) is 11.0 Å². The van der Waals surface area contributed by atoms with Gasteiger partial charge in [0, 0.05) is 12.1 Å². The Morgan fingerprint density at radius 2 is 2.00 bits per heavy atom. The van der Waals surface area contributed by atoms with Gasteiger partial charge in [0.15, 0.2) is 0 Å². The summed E-state index contributed by atoms with van der Waals surface area (Å²) in [5.41, 5.74) is 1.59. The smallest absolute Gasteiger partial charge is 0.139 e. The molecule has 0 N–H and O–H groups in total. The topological polar surface area (TPSA) is 17.8 Å². The highest BCUT2D eigenvalue weighted by molar-refractivity contribution is 9.10. The summed E-state index contributed by atoms with van der Waals surface area (Å²) in [4.78, 5) is 4.54. The van der Waals surface area contributed by atoms with E-state index >= 15 is 0 Å². The Bertz CT molecular complexity index is 639. The molecule has 3 unspecified atom stereocenters. The van der Waals surface area contributed by atoms with Crippen molar-refractivity contribution in [3.05, 3.63) is 28.2 Å². The minimum absolute atomic E-state index is 0.210. The maximum Gasteiger partial charge on any atom is 0.139 e. The first-order valence-corrected chi connectivity index (χ1v) is 8.59. The molecule has 0 aliphatic rings. The Balaban J connectivity index is 2.57. The highest BCUT2D eigenvalue weighted by atomic mass is 79.9. The van der Waals surface area contributed by atoms with E-state index in [4.69, 9.17) is 11.6 Å². The van der Waals surface area contributed by atoms with Crippen LogP contribution in [0.1, 0.15) is 57.8 Å². The Morgan fingerprint density at radius 3 is 2.57 bits per heavy atom. The van der Waals surface area contributed by atoms with Gasteiger partial charge in [-0.15, -0.1) is 11.6 Å². The van der Waals surface area contributed by atoms with Gasteiger partial charge < -0.3 is 4.57 Å². The normalized spacial score (nSPS) is 16.1. The van der Waals surface area contributed by atoms with Gasteiger partial charge in [-0.25, -0.2) is 9.37 Å². The first kappa shape index (κ1) is 16.8. The van der Waals surface area contributed by atoms with Crippen LogP contribution >= 0.6 is 27.5 Å². The molecule has 1 aromatic carbocycles. The third-order valence-corrected chi connectivity index (χ3v) is 4.80. The molecule has 1 heterocycles. The van der Waals surface area contributed by atoms with E-state index in [1.807, 2.05) is 6.92 Å². The van der Waals surface area contributed by atoms with Crippen molar-refractivity contribution in [1.82, 2.24) is 9.55 Å². The van der Waals surface area contributed by atoms with Crippen LogP contribution < -0.4 is 0 Å². The number of benzene rings is 1. The van der Waals surface area contributed by atoms with E-state index in [1.165, 1.54) is 6.07 Å². The fourth-order valence-electron chi connectivity index (χ4n) is 2.71. The molecule has 0 radical (unpaired) electrons. The fraction of sp³-hybridized carbons (Fsp3) is 0.562. The fourth-order valence-corrected chi connectivity index (χ4v) is 3.19. The lowest BCUT2D eigenvalue weighted by Gasteiger charge is -2.21. The summed E-state index contributed by atoms with van der Waals surface area (Å²) < 4.78 is 16.3. The van der Waals surface area contributed by atoms with E-state index in [0.717, 1.165) is 24.2 Å². The van der Waals surface area contributed by atoms with Gasteiger partial charge in [0.05, 0.1) is 20.9 Å². The minimum Gasteiger partial charge on any atom is -0.324 e. The molecule has 0 aliphatic carbocycles. The lowest BCUT2D eigenvalue weighted by molar-refractivity contribution is 0.397. The number of aromatic nitrogens is 2. The van der Waals surface area contributed by atoms with Gasteiger partial charge in [-0.1, -0.05) is 20.3 Å². The van der Waals surface area contributed by atoms with E-state index in [1.54, 1.807) is 6.07 Å². The van der Waals surface area contributed by atoms with Gasteiger partial charge in [-0.3, -0.25) is 0 Å². The van der Waals surface area contributed by atoms with Gasteiger partial charge in [-0.05, 0) is 48.2 Å². The highest BCUT2D eigenvalue weighted by Crippen LogP contribution is 2.33. The molecule has 3 atom stereocenters. The Kier molecular flexibility index (Phi) is 5.31. The molecule has 0 spiro atoms. The Hall–Kier alpha value is -0.610. The summed E-state index contributed by atoms with van der Waals surface area (Å²) in [5, 5.41) is -0.210. The van der Waals surface area contributed by atoms with Crippen LogP contribution in [-0.4, -0.2) is 9.55 Å². The molecule has 0 aliphatic heterocycles. The summed E-state index contributed by atoms with van der Waals surface area (Å²) in [7, 11) is 0. The van der Waals surface area contributed by atoms with Crippen molar-refractivity contribution < 1.29 is 4.39 Å². The van der Waals surface area contributed by atoms with Crippen molar-refractivity contribution >= 4 is 38.6 Å². The molecule has 2 nitrogen and oxygen atoms in total. The molecular weight excluding hydrogens is 355 g/mol. The van der Waals surface area contributed by atoms with Crippen LogP contribution in [0.15, 0.2) is 16.6 Å². The lowest BCUT2D eigenvalue weighted by atomic mass is 10.00. The van der Waals surface area contributed by atoms with E-state index in [0.29, 0.717) is 15.9 Å². The molecule has 0 saturated heterocycles. The van der Waals surface area contributed by atoms with E-state index in [2.05, 4.69) is 46.3 Å². The highest BCUT2D eigenvalue weighted by Gasteiger charge is 2.21. The van der Waals surface area contributed by atoms with E-state index < -0.39 is 0 Å². The molecular formula is C16H21BrClFN2. The zero-order chi connectivity index (χ0) is 15.7. The molecule has 116 valence electrons. The van der Waals surface area contributed by atoms with Gasteiger partial charge in [0.25, 0.3) is 0 Å². The molecule has 0 bridgehead atoms. The largest absolute Gasteiger partial charge is 0.324 e. The van der Waals surface area contributed by atoms with Gasteiger partial charge in [-0.2, -0.15) is 0 Å². The summed E-state index contributed by atoms with van der Waals surface area (Å²) in [6.07, 6.45) is 2.19. The van der Waals surface area contributed by atoms with E-state index in [-0.39, 0.29) is 17.2 Å². The number of hydrogen-bond acceptors (Lipinski definition) is 1. The molecule has 5 heteroatoms. The number of alkyl halides is 1. The van der Waals surface area contributed by atoms with Crippen molar-refractivity contribution in [2.45, 2.75) is 52.0 Å². The van der Waals surface area contributed by atoms with Crippen LogP contribution in [-0.2, 0) is 0 Å². The number of nitrogens with zero attached hydrogens (tertiary/aromatic N) is 2. The van der Waals surface area contributed by atoms with Gasteiger partial charge in [0.2, 0.25) is 0 Å². The average Bonchev–Trinajstić information content (AvgIpc) is 2.77. The second-order valence-electron chi connectivity index (χ2n) is 5.81. The maximum absolute atomic E-state index is 13.7. The number of fused-ring (bicyclic) bond motifs is 1. The predicted octanol–water partition coefficient (Wildman–Crippen LogP) is 6.23. The Morgan fingerprint density at radius 1 is 1.33 bits per heavy atom. The average molecular weight is 376 g/mol. The maximum atomic E-state index is 13.7. The van der Waals surface area contributed by atoms with Crippen molar-refractivity contribution in [1.29, 1.82) is 0 Å². The number of hydrogen-bond donors (Lipinski definition) is 0. The van der Waals surface area contributed by atoms with Crippen LogP contribution in [0.5, 0.6) is 0 Å². The first-order valence-electron chi connectivity index (χ1n) is 7.36. The molecule has 2 aromatic rings. The van der Waals surface area contributed by atoms with Crippen LogP contribution in [0.3, 0.4) is 0 Å². The van der Waals surface area contributed by atoms with Crippen LogP contribution in [0.4, 0.5) is 4.39 Å². The third kappa shape index (κ3) is 3.42. The Labute approximate surface area is 138 Å². The predicted molar refractivity (Wildman–Crippen MR) is 90.4 cm³/mol.